The van der Waals surface area contributed by atoms with E-state index in [2.05, 4.69) is 6.58 Å². The Morgan fingerprint density at radius 1 is 1.21 bits per heavy atom. The van der Waals surface area contributed by atoms with Crippen LogP contribution in [0.3, 0.4) is 0 Å². The van der Waals surface area contributed by atoms with Crippen LogP contribution in [0.4, 0.5) is 4.39 Å². The standard InChI is InChI=1S/C26H30FNO5S/c1-3-26(13-16-32-24-10-9-21(17-23(24)27)34(2,30)31)18-22(26)19-11-14-28(15-12-19)33-25(29)20-7-5-4-6-8-20/h3-10,17,19,22H,1,11-16,18H2,2H3. The number of allylic oxidation sites excluding steroid dienone is 1. The van der Waals surface area contributed by atoms with Crippen molar-refractivity contribution in [3.8, 4) is 5.75 Å². The van der Waals surface area contributed by atoms with Crippen molar-refractivity contribution in [1.82, 2.24) is 5.06 Å². The third-order valence-corrected chi connectivity index (χ3v) is 8.14. The summed E-state index contributed by atoms with van der Waals surface area (Å²) in [6.45, 7) is 5.75. The normalized spacial score (nSPS) is 23.3. The van der Waals surface area contributed by atoms with Gasteiger partial charge in [-0.1, -0.05) is 24.3 Å². The highest BCUT2D eigenvalue weighted by Gasteiger charge is 2.55. The van der Waals surface area contributed by atoms with Crippen LogP contribution in [0.25, 0.3) is 0 Å². The summed E-state index contributed by atoms with van der Waals surface area (Å²) in [5.41, 5.74) is 0.511. The highest BCUT2D eigenvalue weighted by Crippen LogP contribution is 2.61. The average Bonchev–Trinajstić information content (AvgIpc) is 3.55. The molecule has 1 saturated carbocycles. The molecule has 8 heteroatoms. The molecule has 1 aliphatic carbocycles. The number of rotatable bonds is 9. The second-order valence-electron chi connectivity index (χ2n) is 9.22. The summed E-state index contributed by atoms with van der Waals surface area (Å²) in [6, 6.07) is 12.7. The zero-order valence-corrected chi connectivity index (χ0v) is 20.1. The van der Waals surface area contributed by atoms with Crippen LogP contribution in [0.2, 0.25) is 0 Å². The first kappa shape index (κ1) is 24.4. The van der Waals surface area contributed by atoms with Crippen molar-refractivity contribution in [2.45, 2.75) is 30.6 Å². The van der Waals surface area contributed by atoms with Crippen LogP contribution in [0, 0.1) is 23.1 Å². The van der Waals surface area contributed by atoms with Gasteiger partial charge in [0.15, 0.2) is 21.4 Å². The Kier molecular flexibility index (Phi) is 7.09. The fourth-order valence-corrected chi connectivity index (χ4v) is 5.54. The summed E-state index contributed by atoms with van der Waals surface area (Å²) in [4.78, 5) is 17.7. The van der Waals surface area contributed by atoms with E-state index in [4.69, 9.17) is 9.57 Å². The Balaban J connectivity index is 1.25. The molecular formula is C26H30FNO5S. The zero-order chi connectivity index (χ0) is 24.3. The molecule has 0 bridgehead atoms. The van der Waals surface area contributed by atoms with E-state index in [0.717, 1.165) is 38.0 Å². The molecule has 0 aromatic heterocycles. The molecule has 2 unspecified atom stereocenters. The van der Waals surface area contributed by atoms with E-state index >= 15 is 0 Å². The molecule has 0 spiro atoms. The van der Waals surface area contributed by atoms with Crippen molar-refractivity contribution in [3.05, 3.63) is 72.6 Å². The van der Waals surface area contributed by atoms with Crippen molar-refractivity contribution < 1.29 is 27.2 Å². The van der Waals surface area contributed by atoms with Crippen LogP contribution < -0.4 is 4.74 Å². The number of ether oxygens (including phenoxy) is 1. The van der Waals surface area contributed by atoms with Gasteiger partial charge < -0.3 is 9.57 Å². The lowest BCUT2D eigenvalue weighted by molar-refractivity contribution is -0.127. The van der Waals surface area contributed by atoms with Crippen LogP contribution >= 0.6 is 0 Å². The van der Waals surface area contributed by atoms with Gasteiger partial charge in [-0.05, 0) is 73.3 Å². The minimum absolute atomic E-state index is 0.0310. The Hall–Kier alpha value is -2.71. The van der Waals surface area contributed by atoms with Gasteiger partial charge in [-0.3, -0.25) is 0 Å². The number of carbonyl (C=O) groups is 1. The van der Waals surface area contributed by atoms with Gasteiger partial charge in [0.1, 0.15) is 0 Å². The number of hydrogen-bond donors (Lipinski definition) is 0. The lowest BCUT2D eigenvalue weighted by Gasteiger charge is -2.31. The molecule has 2 aromatic rings. The van der Waals surface area contributed by atoms with Crippen LogP contribution in [-0.2, 0) is 14.7 Å². The van der Waals surface area contributed by atoms with E-state index in [-0.39, 0.29) is 22.0 Å². The average molecular weight is 488 g/mol. The Labute approximate surface area is 200 Å². The van der Waals surface area contributed by atoms with Crippen molar-refractivity contribution in [1.29, 1.82) is 0 Å². The van der Waals surface area contributed by atoms with Gasteiger partial charge in [-0.2, -0.15) is 0 Å². The lowest BCUT2D eigenvalue weighted by atomic mass is 9.86. The first-order chi connectivity index (χ1) is 16.2. The van der Waals surface area contributed by atoms with Gasteiger partial charge in [0.05, 0.1) is 17.1 Å². The third-order valence-electron chi connectivity index (χ3n) is 7.03. The van der Waals surface area contributed by atoms with E-state index in [1.807, 2.05) is 24.3 Å². The molecule has 182 valence electrons. The molecule has 2 atom stereocenters. The van der Waals surface area contributed by atoms with Gasteiger partial charge in [0, 0.05) is 19.3 Å². The van der Waals surface area contributed by atoms with Crippen molar-refractivity contribution in [2.24, 2.45) is 17.3 Å². The molecule has 2 aromatic carbocycles. The molecule has 1 aliphatic heterocycles. The molecule has 6 nitrogen and oxygen atoms in total. The quantitative estimate of drug-likeness (QED) is 0.479. The molecule has 0 amide bonds. The van der Waals surface area contributed by atoms with E-state index < -0.39 is 15.7 Å². The molecule has 2 fully saturated rings. The summed E-state index contributed by atoms with van der Waals surface area (Å²) < 4.78 is 43.0. The first-order valence-corrected chi connectivity index (χ1v) is 13.4. The number of hydrogen-bond acceptors (Lipinski definition) is 6. The van der Waals surface area contributed by atoms with Gasteiger partial charge >= 0.3 is 5.97 Å². The molecular weight excluding hydrogens is 457 g/mol. The van der Waals surface area contributed by atoms with E-state index in [1.165, 1.54) is 12.1 Å². The second kappa shape index (κ2) is 9.88. The second-order valence-corrected chi connectivity index (χ2v) is 11.2. The number of halogens is 1. The SMILES string of the molecule is C=CC1(CCOc2ccc(S(C)(=O)=O)cc2F)CC1C1CCN(OC(=O)c2ccccc2)CC1. The van der Waals surface area contributed by atoms with Crippen molar-refractivity contribution in [3.63, 3.8) is 0 Å². The van der Waals surface area contributed by atoms with Crippen LogP contribution in [0.5, 0.6) is 5.75 Å². The lowest BCUT2D eigenvalue weighted by Crippen LogP contribution is -2.36. The van der Waals surface area contributed by atoms with E-state index in [9.17, 15) is 17.6 Å². The van der Waals surface area contributed by atoms with E-state index in [0.29, 0.717) is 37.1 Å². The maximum Gasteiger partial charge on any atom is 0.357 e. The summed E-state index contributed by atoms with van der Waals surface area (Å²) >= 11 is 0. The Morgan fingerprint density at radius 3 is 2.53 bits per heavy atom. The van der Waals surface area contributed by atoms with Crippen molar-refractivity contribution >= 4 is 15.8 Å². The largest absolute Gasteiger partial charge is 0.490 e. The van der Waals surface area contributed by atoms with Crippen LogP contribution in [0.1, 0.15) is 36.0 Å². The number of hydroxylamine groups is 2. The van der Waals surface area contributed by atoms with Gasteiger partial charge in [0.2, 0.25) is 0 Å². The molecule has 2 aliphatic rings. The molecule has 4 rings (SSSR count). The van der Waals surface area contributed by atoms with Crippen LogP contribution in [0.15, 0.2) is 66.1 Å². The zero-order valence-electron chi connectivity index (χ0n) is 19.3. The predicted octanol–water partition coefficient (Wildman–Crippen LogP) is 4.67. The predicted molar refractivity (Wildman–Crippen MR) is 127 cm³/mol. The van der Waals surface area contributed by atoms with Crippen LogP contribution in [-0.4, -0.2) is 45.4 Å². The molecule has 1 saturated heterocycles. The topological polar surface area (TPSA) is 72.9 Å². The highest BCUT2D eigenvalue weighted by atomic mass is 32.2. The minimum atomic E-state index is -3.46. The third kappa shape index (κ3) is 5.50. The summed E-state index contributed by atoms with van der Waals surface area (Å²) in [6.07, 6.45) is 6.64. The van der Waals surface area contributed by atoms with Crippen molar-refractivity contribution in [2.75, 3.05) is 26.0 Å². The van der Waals surface area contributed by atoms with Gasteiger partial charge in [-0.15, -0.1) is 11.6 Å². The Morgan fingerprint density at radius 2 is 1.91 bits per heavy atom. The summed E-state index contributed by atoms with van der Waals surface area (Å²) in [7, 11) is -3.46. The number of piperidine rings is 1. The first-order valence-electron chi connectivity index (χ1n) is 11.5. The summed E-state index contributed by atoms with van der Waals surface area (Å²) in [5.74, 6) is 0.0334. The fraction of sp³-hybridized carbons (Fsp3) is 0.423. The van der Waals surface area contributed by atoms with E-state index in [1.54, 1.807) is 17.2 Å². The summed E-state index contributed by atoms with van der Waals surface area (Å²) in [5, 5.41) is 1.75. The number of nitrogens with zero attached hydrogens (tertiary/aromatic N) is 1. The fourth-order valence-electron chi connectivity index (χ4n) is 4.90. The molecule has 34 heavy (non-hydrogen) atoms. The molecule has 0 radical (unpaired) electrons. The number of sulfone groups is 1. The highest BCUT2D eigenvalue weighted by molar-refractivity contribution is 7.90. The maximum absolute atomic E-state index is 14.3. The number of benzene rings is 2. The molecule has 0 N–H and O–H groups in total. The Bertz CT molecular complexity index is 1150. The van der Waals surface area contributed by atoms with Gasteiger partial charge in [0.25, 0.3) is 0 Å². The molecule has 1 heterocycles. The van der Waals surface area contributed by atoms with Gasteiger partial charge in [-0.25, -0.2) is 17.6 Å². The smallest absolute Gasteiger partial charge is 0.357 e. The minimum Gasteiger partial charge on any atom is -0.490 e. The maximum atomic E-state index is 14.3. The number of carbonyl (C=O) groups excluding carboxylic acids is 1. The monoisotopic (exact) mass is 487 g/mol.